The van der Waals surface area contributed by atoms with Crippen molar-refractivity contribution < 1.29 is 9.90 Å². The molecule has 1 aromatic heterocycles. The van der Waals surface area contributed by atoms with Crippen LogP contribution in [0.15, 0.2) is 35.1 Å². The second-order valence-corrected chi connectivity index (χ2v) is 4.82. The number of carbonyl (C=O) groups excluding carboxylic acids is 1. The summed E-state index contributed by atoms with van der Waals surface area (Å²) >= 11 is 3.23. The van der Waals surface area contributed by atoms with Crippen LogP contribution in [0.2, 0.25) is 0 Å². The fourth-order valence-electron chi connectivity index (χ4n) is 1.81. The zero-order valence-electron chi connectivity index (χ0n) is 9.14. The van der Waals surface area contributed by atoms with E-state index in [-0.39, 0.29) is 24.5 Å². The quantitative estimate of drug-likeness (QED) is 0.656. The Morgan fingerprint density at radius 1 is 1.59 bits per heavy atom. The van der Waals surface area contributed by atoms with E-state index in [1.165, 1.54) is 0 Å². The van der Waals surface area contributed by atoms with E-state index >= 15 is 0 Å². The molecule has 2 rings (SSSR count). The van der Waals surface area contributed by atoms with Crippen molar-refractivity contribution >= 4 is 21.8 Å². The van der Waals surface area contributed by atoms with Crippen LogP contribution in [0.4, 0.5) is 0 Å². The van der Waals surface area contributed by atoms with Gasteiger partial charge in [0.25, 0.3) is 5.91 Å². The third-order valence-corrected chi connectivity index (χ3v) is 3.15. The predicted molar refractivity (Wildman–Crippen MR) is 67.5 cm³/mol. The summed E-state index contributed by atoms with van der Waals surface area (Å²) in [6.45, 7) is 0.129. The van der Waals surface area contributed by atoms with E-state index in [4.69, 9.17) is 5.11 Å². The van der Waals surface area contributed by atoms with E-state index in [2.05, 4.69) is 26.2 Å². The first-order chi connectivity index (χ1) is 8.19. The summed E-state index contributed by atoms with van der Waals surface area (Å²) in [6, 6.07) is 3.35. The summed E-state index contributed by atoms with van der Waals surface area (Å²) in [4.78, 5) is 15.9. The molecule has 0 aliphatic heterocycles. The molecule has 90 valence electrons. The smallest absolute Gasteiger partial charge is 0.251 e. The lowest BCUT2D eigenvalue weighted by Gasteiger charge is -2.12. The van der Waals surface area contributed by atoms with Gasteiger partial charge in [-0.3, -0.25) is 4.79 Å². The number of aliphatic hydroxyl groups is 1. The Balaban J connectivity index is 1.96. The Labute approximate surface area is 108 Å². The van der Waals surface area contributed by atoms with E-state index in [1.807, 2.05) is 12.2 Å². The highest BCUT2D eigenvalue weighted by molar-refractivity contribution is 9.10. The topological polar surface area (TPSA) is 62.2 Å². The normalized spacial score (nSPS) is 22.7. The summed E-state index contributed by atoms with van der Waals surface area (Å²) in [7, 11) is 0. The summed E-state index contributed by atoms with van der Waals surface area (Å²) in [6.07, 6.45) is 6.21. The number of halogens is 1. The first-order valence-electron chi connectivity index (χ1n) is 5.40. The van der Waals surface area contributed by atoms with Gasteiger partial charge in [0.05, 0.1) is 0 Å². The number of pyridine rings is 1. The molecule has 1 amide bonds. The number of carbonyl (C=O) groups is 1. The van der Waals surface area contributed by atoms with Crippen molar-refractivity contribution in [3.8, 4) is 0 Å². The van der Waals surface area contributed by atoms with E-state index in [0.29, 0.717) is 10.2 Å². The molecule has 5 heteroatoms. The molecule has 17 heavy (non-hydrogen) atoms. The zero-order chi connectivity index (χ0) is 12.3. The molecule has 0 radical (unpaired) electrons. The number of hydrogen-bond donors (Lipinski definition) is 2. The number of rotatable bonds is 3. The van der Waals surface area contributed by atoms with Gasteiger partial charge in [0.2, 0.25) is 0 Å². The number of aliphatic hydroxyl groups excluding tert-OH is 1. The average molecular weight is 297 g/mol. The molecule has 0 saturated heterocycles. The molecule has 0 aromatic carbocycles. The van der Waals surface area contributed by atoms with Crippen molar-refractivity contribution in [1.29, 1.82) is 0 Å². The Hall–Kier alpha value is -1.20. The van der Waals surface area contributed by atoms with Gasteiger partial charge in [0.15, 0.2) is 0 Å². The minimum atomic E-state index is -0.124. The monoisotopic (exact) mass is 296 g/mol. The molecule has 1 aliphatic rings. The molecule has 4 nitrogen and oxygen atoms in total. The highest BCUT2D eigenvalue weighted by Crippen LogP contribution is 2.17. The summed E-state index contributed by atoms with van der Waals surface area (Å²) in [5, 5.41) is 11.9. The van der Waals surface area contributed by atoms with Crippen molar-refractivity contribution in [1.82, 2.24) is 10.3 Å². The summed E-state index contributed by atoms with van der Waals surface area (Å²) < 4.78 is 0.639. The fourth-order valence-corrected chi connectivity index (χ4v) is 2.18. The van der Waals surface area contributed by atoms with Gasteiger partial charge in [-0.15, -0.1) is 0 Å². The van der Waals surface area contributed by atoms with Gasteiger partial charge >= 0.3 is 0 Å². The molecular weight excluding hydrogens is 284 g/mol. The number of hydrogen-bond acceptors (Lipinski definition) is 3. The summed E-state index contributed by atoms with van der Waals surface area (Å²) in [5.74, 6) is 0.0332. The Morgan fingerprint density at radius 2 is 2.41 bits per heavy atom. The first kappa shape index (κ1) is 12.3. The van der Waals surface area contributed by atoms with Crippen LogP contribution in [-0.2, 0) is 0 Å². The van der Waals surface area contributed by atoms with Gasteiger partial charge in [-0.25, -0.2) is 4.98 Å². The Kier molecular flexibility index (Phi) is 3.91. The number of nitrogens with one attached hydrogen (secondary N) is 1. The minimum Gasteiger partial charge on any atom is -0.396 e. The molecule has 1 aromatic rings. The first-order valence-corrected chi connectivity index (χ1v) is 6.20. The average Bonchev–Trinajstić information content (AvgIpc) is 2.77. The maximum absolute atomic E-state index is 11.9. The molecule has 2 atom stereocenters. The van der Waals surface area contributed by atoms with E-state index in [1.54, 1.807) is 18.3 Å². The minimum absolute atomic E-state index is 0.00610. The SMILES string of the molecule is O=C(N[C@@H]1C=C[C@H](CO)C1)c1ccnc(Br)c1. The highest BCUT2D eigenvalue weighted by atomic mass is 79.9. The maximum Gasteiger partial charge on any atom is 0.251 e. The van der Waals surface area contributed by atoms with Crippen LogP contribution in [0.5, 0.6) is 0 Å². The van der Waals surface area contributed by atoms with Gasteiger partial charge in [-0.05, 0) is 34.5 Å². The molecule has 2 N–H and O–H groups in total. The second-order valence-electron chi connectivity index (χ2n) is 4.01. The molecule has 0 spiro atoms. The third kappa shape index (κ3) is 3.14. The maximum atomic E-state index is 11.9. The van der Waals surface area contributed by atoms with E-state index < -0.39 is 0 Å². The van der Waals surface area contributed by atoms with Crippen LogP contribution in [-0.4, -0.2) is 28.6 Å². The van der Waals surface area contributed by atoms with E-state index in [0.717, 1.165) is 6.42 Å². The van der Waals surface area contributed by atoms with Crippen LogP contribution >= 0.6 is 15.9 Å². The molecule has 0 fully saturated rings. The van der Waals surface area contributed by atoms with Crippen molar-refractivity contribution in [2.45, 2.75) is 12.5 Å². The molecule has 1 heterocycles. The molecule has 0 saturated carbocycles. The van der Waals surface area contributed by atoms with Crippen molar-refractivity contribution in [2.75, 3.05) is 6.61 Å². The lowest BCUT2D eigenvalue weighted by atomic mass is 10.1. The molecule has 1 aliphatic carbocycles. The Bertz CT molecular complexity index is 448. The van der Waals surface area contributed by atoms with Crippen LogP contribution in [0.25, 0.3) is 0 Å². The van der Waals surface area contributed by atoms with Crippen LogP contribution in [0.1, 0.15) is 16.8 Å². The van der Waals surface area contributed by atoms with Crippen molar-refractivity contribution in [2.24, 2.45) is 5.92 Å². The van der Waals surface area contributed by atoms with Crippen molar-refractivity contribution in [3.63, 3.8) is 0 Å². The van der Waals surface area contributed by atoms with Gasteiger partial charge in [0.1, 0.15) is 4.60 Å². The largest absolute Gasteiger partial charge is 0.396 e. The van der Waals surface area contributed by atoms with Gasteiger partial charge < -0.3 is 10.4 Å². The standard InChI is InChI=1S/C12H13BrN2O2/c13-11-6-9(3-4-14-11)12(17)15-10-2-1-8(5-10)7-16/h1-4,6,8,10,16H,5,7H2,(H,15,17)/t8-,10+/m0/s1. The van der Waals surface area contributed by atoms with E-state index in [9.17, 15) is 4.79 Å². The van der Waals surface area contributed by atoms with Gasteiger partial charge in [0, 0.05) is 30.3 Å². The Morgan fingerprint density at radius 3 is 3.06 bits per heavy atom. The fraction of sp³-hybridized carbons (Fsp3) is 0.333. The molecule has 0 bridgehead atoms. The highest BCUT2D eigenvalue weighted by Gasteiger charge is 2.20. The van der Waals surface area contributed by atoms with Gasteiger partial charge in [-0.2, -0.15) is 0 Å². The third-order valence-electron chi connectivity index (χ3n) is 2.71. The number of amides is 1. The summed E-state index contributed by atoms with van der Waals surface area (Å²) in [5.41, 5.74) is 0.577. The number of aromatic nitrogens is 1. The number of nitrogens with zero attached hydrogens (tertiary/aromatic N) is 1. The van der Waals surface area contributed by atoms with Crippen molar-refractivity contribution in [3.05, 3.63) is 40.6 Å². The molecule has 0 unspecified atom stereocenters. The van der Waals surface area contributed by atoms with Gasteiger partial charge in [-0.1, -0.05) is 12.2 Å². The van der Waals surface area contributed by atoms with Crippen LogP contribution in [0.3, 0.4) is 0 Å². The lowest BCUT2D eigenvalue weighted by Crippen LogP contribution is -2.32. The predicted octanol–water partition coefficient (Wildman–Crippen LogP) is 1.51. The van der Waals surface area contributed by atoms with Crippen LogP contribution in [0, 0.1) is 5.92 Å². The lowest BCUT2D eigenvalue weighted by molar-refractivity contribution is 0.0941. The second kappa shape index (κ2) is 5.42. The molecular formula is C12H13BrN2O2. The zero-order valence-corrected chi connectivity index (χ0v) is 10.7. The van der Waals surface area contributed by atoms with Crippen LogP contribution < -0.4 is 5.32 Å².